The van der Waals surface area contributed by atoms with Crippen LogP contribution in [0.4, 0.5) is 5.13 Å². The summed E-state index contributed by atoms with van der Waals surface area (Å²) < 4.78 is 5.28. The zero-order chi connectivity index (χ0) is 25.3. The fourth-order valence-electron chi connectivity index (χ4n) is 4.85. The third kappa shape index (κ3) is 6.49. The van der Waals surface area contributed by atoms with Crippen molar-refractivity contribution in [1.82, 2.24) is 15.1 Å². The lowest BCUT2D eigenvalue weighted by molar-refractivity contribution is -0.136. The van der Waals surface area contributed by atoms with E-state index in [2.05, 4.69) is 22.4 Å². The maximum Gasteiger partial charge on any atom is 0.230 e. The van der Waals surface area contributed by atoms with E-state index in [-0.39, 0.29) is 30.2 Å². The first-order valence-electron chi connectivity index (χ1n) is 12.7. The highest BCUT2D eigenvalue weighted by molar-refractivity contribution is 7.18. The highest BCUT2D eigenvalue weighted by atomic mass is 32.1. The normalized spacial score (nSPS) is 14.7. The molecule has 4 rings (SSSR count). The Hall–Kier alpha value is -3.26. The van der Waals surface area contributed by atoms with Crippen molar-refractivity contribution in [3.63, 3.8) is 0 Å². The maximum atomic E-state index is 13.7. The molecule has 0 spiro atoms. The van der Waals surface area contributed by atoms with Gasteiger partial charge in [-0.1, -0.05) is 80.0 Å². The van der Waals surface area contributed by atoms with Crippen molar-refractivity contribution in [1.29, 1.82) is 0 Å². The predicted octanol–water partition coefficient (Wildman–Crippen LogP) is 5.90. The van der Waals surface area contributed by atoms with Crippen molar-refractivity contribution in [2.75, 3.05) is 19.0 Å². The van der Waals surface area contributed by atoms with Gasteiger partial charge >= 0.3 is 0 Å². The fraction of sp³-hybridized carbons (Fsp3) is 0.429. The molecule has 8 heteroatoms. The van der Waals surface area contributed by atoms with Crippen molar-refractivity contribution >= 4 is 28.3 Å². The summed E-state index contributed by atoms with van der Waals surface area (Å²) in [7, 11) is 1.62. The molecule has 0 radical (unpaired) electrons. The van der Waals surface area contributed by atoms with E-state index in [9.17, 15) is 9.59 Å². The number of rotatable bonds is 10. The van der Waals surface area contributed by atoms with E-state index >= 15 is 0 Å². The highest BCUT2D eigenvalue weighted by Gasteiger charge is 2.31. The number of carbonyl (C=O) groups excluding carboxylic acids is 2. The zero-order valence-corrected chi connectivity index (χ0v) is 21.8. The van der Waals surface area contributed by atoms with E-state index in [4.69, 9.17) is 4.74 Å². The number of ether oxygens (including phenoxy) is 1. The van der Waals surface area contributed by atoms with Gasteiger partial charge in [0.2, 0.25) is 16.9 Å². The summed E-state index contributed by atoms with van der Waals surface area (Å²) in [6.45, 7) is 2.46. The molecule has 3 aromatic rings. The fourth-order valence-corrected chi connectivity index (χ4v) is 5.61. The molecule has 0 saturated heterocycles. The molecule has 1 aliphatic rings. The number of nitrogens with zero attached hydrogens (tertiary/aromatic N) is 3. The van der Waals surface area contributed by atoms with Crippen LogP contribution < -0.4 is 10.1 Å². The lowest BCUT2D eigenvalue weighted by Crippen LogP contribution is -2.45. The Labute approximate surface area is 216 Å². The van der Waals surface area contributed by atoms with Gasteiger partial charge in [-0.3, -0.25) is 9.59 Å². The number of hydrogen-bond donors (Lipinski definition) is 1. The van der Waals surface area contributed by atoms with Crippen LogP contribution in [0.3, 0.4) is 0 Å². The Morgan fingerprint density at radius 2 is 1.86 bits per heavy atom. The molecule has 7 nitrogen and oxygen atoms in total. The number of amides is 2. The number of anilines is 1. The number of hydrogen-bond acceptors (Lipinski definition) is 6. The average molecular weight is 507 g/mol. The van der Waals surface area contributed by atoms with Crippen LogP contribution in [-0.4, -0.2) is 46.6 Å². The zero-order valence-electron chi connectivity index (χ0n) is 21.0. The number of carbonyl (C=O) groups is 2. The third-order valence-corrected chi connectivity index (χ3v) is 7.66. The van der Waals surface area contributed by atoms with Gasteiger partial charge in [0.25, 0.3) is 0 Å². The summed E-state index contributed by atoms with van der Waals surface area (Å²) >= 11 is 1.32. The summed E-state index contributed by atoms with van der Waals surface area (Å²) in [5.41, 5.74) is 1.92. The molecular formula is C28H34N4O3S. The predicted molar refractivity (Wildman–Crippen MR) is 143 cm³/mol. The van der Waals surface area contributed by atoms with Crippen LogP contribution in [0.1, 0.15) is 63.4 Å². The van der Waals surface area contributed by atoms with Crippen molar-refractivity contribution in [3.05, 3.63) is 60.2 Å². The average Bonchev–Trinajstić information content (AvgIpc) is 3.39. The van der Waals surface area contributed by atoms with Gasteiger partial charge in [0, 0.05) is 24.6 Å². The number of aromatic nitrogens is 2. The van der Waals surface area contributed by atoms with E-state index < -0.39 is 0 Å². The van der Waals surface area contributed by atoms with Gasteiger partial charge in [0.05, 0.1) is 13.0 Å². The molecule has 36 heavy (non-hydrogen) atoms. The molecule has 1 aromatic heterocycles. The van der Waals surface area contributed by atoms with E-state index in [0.717, 1.165) is 49.0 Å². The van der Waals surface area contributed by atoms with Gasteiger partial charge in [0.1, 0.15) is 10.8 Å². The minimum Gasteiger partial charge on any atom is -0.497 e. The highest BCUT2D eigenvalue weighted by Crippen LogP contribution is 2.30. The second-order valence-corrected chi connectivity index (χ2v) is 10.1. The summed E-state index contributed by atoms with van der Waals surface area (Å²) in [6, 6.07) is 17.7. The van der Waals surface area contributed by atoms with Gasteiger partial charge in [-0.05, 0) is 37.0 Å². The minimum atomic E-state index is -0.190. The van der Waals surface area contributed by atoms with E-state index in [0.29, 0.717) is 16.7 Å². The Bertz CT molecular complexity index is 1140. The summed E-state index contributed by atoms with van der Waals surface area (Å²) in [5, 5.41) is 12.4. The molecule has 1 aliphatic carbocycles. The molecule has 190 valence electrons. The number of nitrogens with one attached hydrogen (secondary N) is 1. The molecule has 1 fully saturated rings. The molecular weight excluding hydrogens is 472 g/mol. The topological polar surface area (TPSA) is 84.4 Å². The van der Waals surface area contributed by atoms with Crippen LogP contribution in [0.25, 0.3) is 10.6 Å². The Morgan fingerprint density at radius 3 is 2.58 bits per heavy atom. The maximum absolute atomic E-state index is 13.7. The van der Waals surface area contributed by atoms with Crippen molar-refractivity contribution < 1.29 is 14.3 Å². The summed E-state index contributed by atoms with van der Waals surface area (Å²) in [4.78, 5) is 28.5. The smallest absolute Gasteiger partial charge is 0.230 e. The SMILES string of the molecule is CCC(C(=O)N(CCC(=O)Nc1nnc(-c2cccc(OC)c2)s1)C1CCCCC1)c1ccccc1. The number of benzene rings is 2. The standard InChI is InChI=1S/C28H34N4O3S/c1-3-24(20-11-6-4-7-12-20)27(34)32(22-14-8-5-9-15-22)18-17-25(33)29-28-31-30-26(36-28)21-13-10-16-23(19-21)35-2/h4,6-7,10-13,16,19,22,24H,3,5,8-9,14-15,17-18H2,1-2H3,(H,29,31,33). The van der Waals surface area contributed by atoms with Crippen LogP contribution in [-0.2, 0) is 9.59 Å². The first kappa shape index (κ1) is 25.8. The molecule has 1 N–H and O–H groups in total. The third-order valence-electron chi connectivity index (χ3n) is 6.77. The van der Waals surface area contributed by atoms with Crippen LogP contribution in [0.15, 0.2) is 54.6 Å². The van der Waals surface area contributed by atoms with E-state index in [1.165, 1.54) is 17.8 Å². The van der Waals surface area contributed by atoms with Gasteiger partial charge in [-0.15, -0.1) is 10.2 Å². The monoisotopic (exact) mass is 506 g/mol. The molecule has 1 unspecified atom stereocenters. The van der Waals surface area contributed by atoms with Crippen molar-refractivity contribution in [3.8, 4) is 16.3 Å². The van der Waals surface area contributed by atoms with Crippen LogP contribution in [0.2, 0.25) is 0 Å². The Balaban J connectivity index is 1.41. The minimum absolute atomic E-state index is 0.125. The van der Waals surface area contributed by atoms with Crippen molar-refractivity contribution in [2.45, 2.75) is 63.8 Å². The van der Waals surface area contributed by atoms with Gasteiger partial charge in [-0.2, -0.15) is 0 Å². The Morgan fingerprint density at radius 1 is 1.08 bits per heavy atom. The lowest BCUT2D eigenvalue weighted by atomic mass is 9.90. The molecule has 0 aliphatic heterocycles. The molecule has 1 atom stereocenters. The van der Waals surface area contributed by atoms with Gasteiger partial charge < -0.3 is 15.0 Å². The van der Waals surface area contributed by atoms with Crippen LogP contribution in [0, 0.1) is 0 Å². The quantitative estimate of drug-likeness (QED) is 0.370. The number of methoxy groups -OCH3 is 1. The summed E-state index contributed by atoms with van der Waals surface area (Å²) in [5.74, 6) is 0.510. The van der Waals surface area contributed by atoms with Crippen molar-refractivity contribution in [2.24, 2.45) is 0 Å². The van der Waals surface area contributed by atoms with Crippen LogP contribution in [0.5, 0.6) is 5.75 Å². The molecule has 1 heterocycles. The molecule has 2 amide bonds. The second kappa shape index (κ2) is 12.6. The van der Waals surface area contributed by atoms with E-state index in [1.54, 1.807) is 7.11 Å². The van der Waals surface area contributed by atoms with E-state index in [1.807, 2.05) is 59.5 Å². The Kier molecular flexibility index (Phi) is 9.06. The first-order chi connectivity index (χ1) is 17.6. The first-order valence-corrected chi connectivity index (χ1v) is 13.5. The second-order valence-electron chi connectivity index (χ2n) is 9.14. The molecule has 0 bridgehead atoms. The lowest BCUT2D eigenvalue weighted by Gasteiger charge is -2.36. The molecule has 2 aromatic carbocycles. The summed E-state index contributed by atoms with van der Waals surface area (Å²) in [6.07, 6.45) is 6.41. The van der Waals surface area contributed by atoms with Gasteiger partial charge in [-0.25, -0.2) is 0 Å². The van der Waals surface area contributed by atoms with Gasteiger partial charge in [0.15, 0.2) is 0 Å². The molecule has 1 saturated carbocycles. The largest absolute Gasteiger partial charge is 0.497 e. The van der Waals surface area contributed by atoms with Crippen LogP contribution >= 0.6 is 11.3 Å².